The van der Waals surface area contributed by atoms with Gasteiger partial charge in [-0.05, 0) is 35.8 Å². The van der Waals surface area contributed by atoms with E-state index in [1.165, 1.54) is 4.88 Å². The van der Waals surface area contributed by atoms with Crippen molar-refractivity contribution in [2.45, 2.75) is 32.1 Å². The van der Waals surface area contributed by atoms with E-state index in [2.05, 4.69) is 40.7 Å². The molecule has 2 N–H and O–H groups in total. The van der Waals surface area contributed by atoms with Crippen LogP contribution in [0.3, 0.4) is 0 Å². The summed E-state index contributed by atoms with van der Waals surface area (Å²) in [7, 11) is 0. The Kier molecular flexibility index (Phi) is 5.08. The Labute approximate surface area is 125 Å². The van der Waals surface area contributed by atoms with E-state index in [0.717, 1.165) is 21.9 Å². The number of rotatable bonds is 3. The van der Waals surface area contributed by atoms with Gasteiger partial charge in [0.15, 0.2) is 0 Å². The molecule has 2 heterocycles. The molecule has 0 bridgehead atoms. The molecule has 6 heteroatoms. The fourth-order valence-corrected chi connectivity index (χ4v) is 4.33. The van der Waals surface area contributed by atoms with Gasteiger partial charge in [-0.2, -0.15) is 0 Å². The average Bonchev–Trinajstić information content (AvgIpc) is 2.58. The summed E-state index contributed by atoms with van der Waals surface area (Å²) < 4.78 is 7.51. The molecule has 0 aromatic carbocycles. The zero-order valence-corrected chi connectivity index (χ0v) is 13.7. The van der Waals surface area contributed by atoms with Gasteiger partial charge in [-0.25, -0.2) is 0 Å². The summed E-state index contributed by atoms with van der Waals surface area (Å²) in [6, 6.07) is 2.31. The van der Waals surface area contributed by atoms with Crippen LogP contribution in [0.1, 0.15) is 24.8 Å². The summed E-state index contributed by atoms with van der Waals surface area (Å²) in [5.41, 5.74) is 5.95. The molecule has 1 aromatic rings. The molecule has 1 saturated heterocycles. The van der Waals surface area contributed by atoms with Crippen molar-refractivity contribution in [2.75, 3.05) is 19.6 Å². The summed E-state index contributed by atoms with van der Waals surface area (Å²) in [6.07, 6.45) is 0.503. The highest BCUT2D eigenvalue weighted by atomic mass is 79.9. The third-order valence-electron chi connectivity index (χ3n) is 3.10. The van der Waals surface area contributed by atoms with Crippen LogP contribution in [0.25, 0.3) is 0 Å². The standard InChI is InChI=1S/C12H18BrClN2OS/c1-7-5-16(6-8(2)17-7)10(4-15)11-3-9(13)12(14)18-11/h3,7-8,10H,4-6,15H2,1-2H3. The van der Waals surface area contributed by atoms with Crippen LogP contribution in [0.4, 0.5) is 0 Å². The van der Waals surface area contributed by atoms with Gasteiger partial charge in [-0.15, -0.1) is 11.3 Å². The molecular weight excluding hydrogens is 336 g/mol. The van der Waals surface area contributed by atoms with E-state index in [1.807, 2.05) is 0 Å². The molecule has 3 unspecified atom stereocenters. The molecule has 2 rings (SSSR count). The number of nitrogens with zero attached hydrogens (tertiary/aromatic N) is 1. The summed E-state index contributed by atoms with van der Waals surface area (Å²) in [5, 5.41) is 0. The molecule has 3 atom stereocenters. The van der Waals surface area contributed by atoms with E-state index >= 15 is 0 Å². The molecule has 0 amide bonds. The van der Waals surface area contributed by atoms with Gasteiger partial charge in [0.05, 0.1) is 18.2 Å². The summed E-state index contributed by atoms with van der Waals surface area (Å²) in [5.74, 6) is 0. The fourth-order valence-electron chi connectivity index (χ4n) is 2.44. The minimum atomic E-state index is 0.229. The molecule has 3 nitrogen and oxygen atoms in total. The second-order valence-corrected chi connectivity index (χ2v) is 7.27. The first-order valence-corrected chi connectivity index (χ1v) is 8.04. The maximum absolute atomic E-state index is 6.11. The number of ether oxygens (including phenoxy) is 1. The number of thiophene rings is 1. The molecular formula is C12H18BrClN2OS. The molecule has 0 saturated carbocycles. The number of hydrogen-bond donors (Lipinski definition) is 1. The third-order valence-corrected chi connectivity index (χ3v) is 5.68. The topological polar surface area (TPSA) is 38.5 Å². The minimum absolute atomic E-state index is 0.229. The van der Waals surface area contributed by atoms with E-state index in [-0.39, 0.29) is 18.2 Å². The van der Waals surface area contributed by atoms with Crippen molar-refractivity contribution in [1.29, 1.82) is 0 Å². The Morgan fingerprint density at radius 3 is 2.61 bits per heavy atom. The van der Waals surface area contributed by atoms with Crippen LogP contribution in [0.15, 0.2) is 10.5 Å². The van der Waals surface area contributed by atoms with Gasteiger partial charge in [0.2, 0.25) is 0 Å². The Morgan fingerprint density at radius 1 is 1.56 bits per heavy atom. The van der Waals surface area contributed by atoms with Crippen LogP contribution in [-0.4, -0.2) is 36.7 Å². The van der Waals surface area contributed by atoms with Gasteiger partial charge in [-0.1, -0.05) is 11.6 Å². The highest BCUT2D eigenvalue weighted by Gasteiger charge is 2.29. The summed E-state index contributed by atoms with van der Waals surface area (Å²) >= 11 is 11.2. The van der Waals surface area contributed by atoms with Gasteiger partial charge >= 0.3 is 0 Å². The van der Waals surface area contributed by atoms with Crippen LogP contribution >= 0.6 is 38.9 Å². The molecule has 1 aromatic heterocycles. The van der Waals surface area contributed by atoms with Crippen LogP contribution in [0, 0.1) is 0 Å². The smallest absolute Gasteiger partial charge is 0.107 e. The molecule has 0 spiro atoms. The van der Waals surface area contributed by atoms with Gasteiger partial charge < -0.3 is 10.5 Å². The number of halogens is 2. The minimum Gasteiger partial charge on any atom is -0.373 e. The second-order valence-electron chi connectivity index (χ2n) is 4.73. The Hall–Kier alpha value is 0.350. The lowest BCUT2D eigenvalue weighted by molar-refractivity contribution is -0.0795. The van der Waals surface area contributed by atoms with E-state index in [0.29, 0.717) is 6.54 Å². The highest BCUT2D eigenvalue weighted by molar-refractivity contribution is 9.10. The van der Waals surface area contributed by atoms with Crippen molar-refractivity contribution < 1.29 is 4.74 Å². The second kappa shape index (κ2) is 6.20. The van der Waals surface area contributed by atoms with Gasteiger partial charge in [0, 0.05) is 29.0 Å². The van der Waals surface area contributed by atoms with Gasteiger partial charge in [0.25, 0.3) is 0 Å². The van der Waals surface area contributed by atoms with Crippen molar-refractivity contribution >= 4 is 38.9 Å². The van der Waals surface area contributed by atoms with Crippen LogP contribution < -0.4 is 5.73 Å². The maximum Gasteiger partial charge on any atom is 0.107 e. The average molecular weight is 354 g/mol. The molecule has 1 aliphatic rings. The first-order valence-electron chi connectivity index (χ1n) is 6.05. The Morgan fingerprint density at radius 2 is 2.17 bits per heavy atom. The molecule has 0 aliphatic carbocycles. The van der Waals surface area contributed by atoms with Crippen LogP contribution in [0.2, 0.25) is 4.34 Å². The number of morpholine rings is 1. The SMILES string of the molecule is CC1CN(C(CN)c2cc(Br)c(Cl)s2)CC(C)O1. The Bertz CT molecular complexity index is 385. The number of nitrogens with two attached hydrogens (primary N) is 1. The summed E-state index contributed by atoms with van der Waals surface area (Å²) in [6.45, 7) is 6.64. The van der Waals surface area contributed by atoms with E-state index in [1.54, 1.807) is 11.3 Å². The normalized spacial score (nSPS) is 27.4. The van der Waals surface area contributed by atoms with Crippen molar-refractivity contribution in [3.63, 3.8) is 0 Å². The van der Waals surface area contributed by atoms with Crippen molar-refractivity contribution in [3.05, 3.63) is 19.8 Å². The van der Waals surface area contributed by atoms with Crippen LogP contribution in [0.5, 0.6) is 0 Å². The molecule has 102 valence electrons. The largest absolute Gasteiger partial charge is 0.373 e. The zero-order valence-electron chi connectivity index (χ0n) is 10.5. The molecule has 0 radical (unpaired) electrons. The van der Waals surface area contributed by atoms with E-state index in [9.17, 15) is 0 Å². The maximum atomic E-state index is 6.11. The monoisotopic (exact) mass is 352 g/mol. The van der Waals surface area contributed by atoms with Crippen LogP contribution in [-0.2, 0) is 4.74 Å². The lowest BCUT2D eigenvalue weighted by atomic mass is 10.1. The van der Waals surface area contributed by atoms with Crippen molar-refractivity contribution in [1.82, 2.24) is 4.90 Å². The van der Waals surface area contributed by atoms with Gasteiger partial charge in [-0.3, -0.25) is 4.90 Å². The zero-order chi connectivity index (χ0) is 13.3. The molecule has 18 heavy (non-hydrogen) atoms. The quantitative estimate of drug-likeness (QED) is 0.906. The Balaban J connectivity index is 2.17. The van der Waals surface area contributed by atoms with Crippen molar-refractivity contribution in [3.8, 4) is 0 Å². The summed E-state index contributed by atoms with van der Waals surface area (Å²) in [4.78, 5) is 3.61. The van der Waals surface area contributed by atoms with E-state index < -0.39 is 0 Å². The highest BCUT2D eigenvalue weighted by Crippen LogP contribution is 2.37. The van der Waals surface area contributed by atoms with Gasteiger partial charge in [0.1, 0.15) is 4.34 Å². The predicted molar refractivity (Wildman–Crippen MR) is 80.4 cm³/mol. The third kappa shape index (κ3) is 3.26. The lowest BCUT2D eigenvalue weighted by Crippen LogP contribution is -2.48. The fraction of sp³-hybridized carbons (Fsp3) is 0.667. The predicted octanol–water partition coefficient (Wildman–Crippen LogP) is 3.27. The van der Waals surface area contributed by atoms with E-state index in [4.69, 9.17) is 22.1 Å². The first kappa shape index (κ1) is 14.8. The number of hydrogen-bond acceptors (Lipinski definition) is 4. The van der Waals surface area contributed by atoms with Crippen molar-refractivity contribution in [2.24, 2.45) is 5.73 Å². The molecule has 1 fully saturated rings. The first-order chi connectivity index (χ1) is 8.51. The molecule has 1 aliphatic heterocycles. The lowest BCUT2D eigenvalue weighted by Gasteiger charge is -2.39.